The average molecular weight is 396 g/mol. The molecule has 1 N–H and O–H groups in total. The van der Waals surface area contributed by atoms with Gasteiger partial charge < -0.3 is 5.11 Å². The van der Waals surface area contributed by atoms with Gasteiger partial charge in [0.25, 0.3) is 0 Å². The van der Waals surface area contributed by atoms with E-state index in [9.17, 15) is 4.79 Å². The molecule has 0 saturated carbocycles. The van der Waals surface area contributed by atoms with Crippen LogP contribution in [0.4, 0.5) is 0 Å². The smallest absolute Gasteiger partial charge is 0.327 e. The first-order chi connectivity index (χ1) is 2.27. The molecule has 0 fully saturated rings. The first kappa shape index (κ1) is 32.1. The minimum atomic E-state index is -0.981. The van der Waals surface area contributed by atoms with Gasteiger partial charge in [-0.05, 0) is 0 Å². The van der Waals surface area contributed by atoms with Gasteiger partial charge in [0.1, 0.15) is 0 Å². The van der Waals surface area contributed by atoms with Crippen LogP contribution in [0.3, 0.4) is 0 Å². The summed E-state index contributed by atoms with van der Waals surface area (Å²) in [5.74, 6) is -0.981. The molecule has 0 heterocycles. The van der Waals surface area contributed by atoms with E-state index < -0.39 is 5.97 Å². The van der Waals surface area contributed by atoms with Crippen molar-refractivity contribution >= 4 is 73.9 Å². The molecule has 9 heavy (non-hydrogen) atoms. The Morgan fingerprint density at radius 2 is 1.33 bits per heavy atom. The lowest BCUT2D eigenvalue weighted by atomic mass is 10.7. The highest BCUT2D eigenvalue weighted by Gasteiger charge is 1.73. The summed E-state index contributed by atoms with van der Waals surface area (Å²) in [6.07, 6.45) is 0.833. The van der Waals surface area contributed by atoms with Crippen LogP contribution in [0.2, 0.25) is 0 Å². The zero-order chi connectivity index (χ0) is 4.28. The molecule has 0 aromatic carbocycles. The Labute approximate surface area is 95.8 Å². The van der Waals surface area contributed by atoms with Crippen LogP contribution in [-0.4, -0.2) is 11.1 Å². The molecule has 0 aromatic heterocycles. The second-order valence-corrected chi connectivity index (χ2v) is 0.542. The molecular weight excluding hydrogens is 388 g/mol. The number of hydrogen-bond acceptors (Lipinski definition) is 1. The second kappa shape index (κ2) is 22.9. The van der Waals surface area contributed by atoms with Crippen molar-refractivity contribution in [1.29, 1.82) is 0 Å². The third-order valence-electron chi connectivity index (χ3n) is 0.175. The van der Waals surface area contributed by atoms with E-state index in [1.54, 1.807) is 0 Å². The van der Waals surface area contributed by atoms with Crippen molar-refractivity contribution in [3.05, 3.63) is 12.7 Å². The summed E-state index contributed by atoms with van der Waals surface area (Å²) in [4.78, 5) is 9.25. The van der Waals surface area contributed by atoms with Crippen molar-refractivity contribution in [3.8, 4) is 0 Å². The zero-order valence-corrected chi connectivity index (χ0v) is 11.1. The third kappa shape index (κ3) is 47.4. The van der Waals surface area contributed by atoms with Crippen molar-refractivity contribution in [2.75, 3.05) is 0 Å². The molecular formula is C3H8Br4O2. The van der Waals surface area contributed by atoms with Crippen molar-refractivity contribution in [1.82, 2.24) is 0 Å². The highest BCUT2D eigenvalue weighted by atomic mass is 79.9. The van der Waals surface area contributed by atoms with E-state index in [0.29, 0.717) is 0 Å². The fourth-order valence-electron chi connectivity index (χ4n) is 0. The van der Waals surface area contributed by atoms with Gasteiger partial charge in [-0.15, -0.1) is 67.9 Å². The van der Waals surface area contributed by atoms with Crippen molar-refractivity contribution in [3.63, 3.8) is 0 Å². The van der Waals surface area contributed by atoms with E-state index in [1.807, 2.05) is 0 Å². The Morgan fingerprint density at radius 3 is 1.33 bits per heavy atom. The predicted molar refractivity (Wildman–Crippen MR) is 59.1 cm³/mol. The lowest BCUT2D eigenvalue weighted by Crippen LogP contribution is -1.82. The van der Waals surface area contributed by atoms with Crippen LogP contribution in [-0.2, 0) is 4.79 Å². The van der Waals surface area contributed by atoms with Gasteiger partial charge in [-0.3, -0.25) is 0 Å². The fourth-order valence-corrected chi connectivity index (χ4v) is 0. The molecule has 0 aliphatic heterocycles. The Balaban J connectivity index is -0.0000000133. The Bertz CT molecular complexity index is 64.8. The molecule has 0 amide bonds. The largest absolute Gasteiger partial charge is 0.478 e. The Morgan fingerprint density at radius 1 is 1.22 bits per heavy atom. The molecule has 2 nitrogen and oxygen atoms in total. The van der Waals surface area contributed by atoms with E-state index in [1.165, 1.54) is 0 Å². The third-order valence-corrected chi connectivity index (χ3v) is 0.175. The van der Waals surface area contributed by atoms with Crippen LogP contribution in [0.25, 0.3) is 0 Å². The summed E-state index contributed by atoms with van der Waals surface area (Å²) < 4.78 is 0. The number of rotatable bonds is 1. The average Bonchev–Trinajstić information content (AvgIpc) is 1.38. The molecule has 0 bridgehead atoms. The fraction of sp³-hybridized carbons (Fsp3) is 0. The second-order valence-electron chi connectivity index (χ2n) is 0.542. The monoisotopic (exact) mass is 392 g/mol. The number of carboxylic acids is 1. The van der Waals surface area contributed by atoms with Crippen LogP contribution in [0.5, 0.6) is 0 Å². The van der Waals surface area contributed by atoms with Crippen LogP contribution < -0.4 is 0 Å². The van der Waals surface area contributed by atoms with Crippen LogP contribution in [0.1, 0.15) is 0 Å². The minimum absolute atomic E-state index is 0. The molecule has 60 valence electrons. The molecule has 0 unspecified atom stereocenters. The molecule has 0 aliphatic rings. The van der Waals surface area contributed by atoms with E-state index in [0.717, 1.165) is 6.08 Å². The molecule has 0 rings (SSSR count). The van der Waals surface area contributed by atoms with Gasteiger partial charge in [0.05, 0.1) is 0 Å². The molecule has 0 aromatic rings. The van der Waals surface area contributed by atoms with E-state index in [2.05, 4.69) is 6.58 Å². The first-order valence-corrected chi connectivity index (χ1v) is 1.12. The summed E-state index contributed by atoms with van der Waals surface area (Å²) >= 11 is 0. The quantitative estimate of drug-likeness (QED) is 0.693. The molecule has 0 saturated heterocycles. The standard InChI is InChI=1S/C3H4O2.4BrH/c1-2-3(4)5;;;;/h2H,1H2,(H,4,5);4*1H. The molecule has 6 heteroatoms. The highest BCUT2D eigenvalue weighted by molar-refractivity contribution is 8.93. The zero-order valence-electron chi connectivity index (χ0n) is 4.27. The first-order valence-electron chi connectivity index (χ1n) is 1.12. The summed E-state index contributed by atoms with van der Waals surface area (Å²) in [5, 5.41) is 7.60. The number of halogens is 4. The molecule has 0 aliphatic carbocycles. The van der Waals surface area contributed by atoms with Gasteiger partial charge in [0.2, 0.25) is 0 Å². The Hall–Kier alpha value is 1.13. The van der Waals surface area contributed by atoms with E-state index in [-0.39, 0.29) is 67.9 Å². The normalized spacial score (nSPS) is 3.56. The van der Waals surface area contributed by atoms with E-state index in [4.69, 9.17) is 5.11 Å². The van der Waals surface area contributed by atoms with E-state index >= 15 is 0 Å². The summed E-state index contributed by atoms with van der Waals surface area (Å²) in [5.41, 5.74) is 0. The topological polar surface area (TPSA) is 37.3 Å². The van der Waals surface area contributed by atoms with Crippen LogP contribution in [0, 0.1) is 0 Å². The van der Waals surface area contributed by atoms with Gasteiger partial charge >= 0.3 is 5.97 Å². The van der Waals surface area contributed by atoms with Crippen molar-refractivity contribution < 1.29 is 9.90 Å². The minimum Gasteiger partial charge on any atom is -0.478 e. The van der Waals surface area contributed by atoms with Gasteiger partial charge in [0.15, 0.2) is 0 Å². The van der Waals surface area contributed by atoms with Crippen LogP contribution in [0.15, 0.2) is 12.7 Å². The summed E-state index contributed by atoms with van der Waals surface area (Å²) in [6.45, 7) is 2.96. The maximum absolute atomic E-state index is 9.25. The van der Waals surface area contributed by atoms with Crippen LogP contribution >= 0.6 is 67.9 Å². The Kier molecular flexibility index (Phi) is 81.8. The molecule has 0 radical (unpaired) electrons. The number of hydrogen-bond donors (Lipinski definition) is 1. The lowest BCUT2D eigenvalue weighted by Gasteiger charge is -1.64. The summed E-state index contributed by atoms with van der Waals surface area (Å²) in [6, 6.07) is 0. The lowest BCUT2D eigenvalue weighted by molar-refractivity contribution is -0.131. The molecule has 0 spiro atoms. The van der Waals surface area contributed by atoms with Gasteiger partial charge in [-0.25, -0.2) is 4.79 Å². The van der Waals surface area contributed by atoms with Crippen molar-refractivity contribution in [2.24, 2.45) is 0 Å². The summed E-state index contributed by atoms with van der Waals surface area (Å²) in [7, 11) is 0. The SMILES string of the molecule is Br.Br.Br.Br.C=CC(=O)O. The molecule has 0 atom stereocenters. The van der Waals surface area contributed by atoms with Gasteiger partial charge in [0, 0.05) is 6.08 Å². The van der Waals surface area contributed by atoms with Gasteiger partial charge in [-0.1, -0.05) is 6.58 Å². The predicted octanol–water partition coefficient (Wildman–Crippen LogP) is 2.57. The number of carboxylic acid groups (broad SMARTS) is 1. The maximum Gasteiger partial charge on any atom is 0.327 e. The number of aliphatic carboxylic acids is 1. The number of carbonyl (C=O) groups is 1. The van der Waals surface area contributed by atoms with Gasteiger partial charge in [-0.2, -0.15) is 0 Å². The van der Waals surface area contributed by atoms with Crippen molar-refractivity contribution in [2.45, 2.75) is 0 Å². The maximum atomic E-state index is 9.25. The highest BCUT2D eigenvalue weighted by Crippen LogP contribution is 1.54.